The molecule has 1 aliphatic rings. The predicted molar refractivity (Wildman–Crippen MR) is 137 cm³/mol. The SMILES string of the molecule is C[C@H](Cc1cc2c(c(C(=O)N(C)C)c1)N(CCCO)CC2)NCCOc1ccccc1OCC(F)(F)F. The fourth-order valence-corrected chi connectivity index (χ4v) is 4.44. The van der Waals surface area contributed by atoms with E-state index in [9.17, 15) is 23.1 Å². The highest BCUT2D eigenvalue weighted by Crippen LogP contribution is 2.34. The summed E-state index contributed by atoms with van der Waals surface area (Å²) in [6.45, 7) is 3.05. The number of halogens is 3. The molecule has 0 spiro atoms. The lowest BCUT2D eigenvalue weighted by Gasteiger charge is -2.24. The van der Waals surface area contributed by atoms with Crippen molar-refractivity contribution in [2.75, 3.05) is 58.5 Å². The number of carbonyl (C=O) groups excluding carboxylic acids is 1. The average molecular weight is 524 g/mol. The summed E-state index contributed by atoms with van der Waals surface area (Å²) >= 11 is 0. The number of carbonyl (C=O) groups is 1. The first-order valence-electron chi connectivity index (χ1n) is 12.5. The number of nitrogens with zero attached hydrogens (tertiary/aromatic N) is 2. The first-order valence-corrected chi connectivity index (χ1v) is 12.5. The van der Waals surface area contributed by atoms with Crippen molar-refractivity contribution in [3.63, 3.8) is 0 Å². The van der Waals surface area contributed by atoms with Gasteiger partial charge in [0.1, 0.15) is 6.61 Å². The highest BCUT2D eigenvalue weighted by molar-refractivity contribution is 6.01. The molecule has 0 saturated carbocycles. The average Bonchev–Trinajstić information content (AvgIpc) is 3.26. The quantitative estimate of drug-likeness (QED) is 0.391. The van der Waals surface area contributed by atoms with Crippen molar-refractivity contribution in [1.82, 2.24) is 10.2 Å². The Bertz CT molecular complexity index is 1050. The minimum Gasteiger partial charge on any atom is -0.488 e. The van der Waals surface area contributed by atoms with Crippen molar-refractivity contribution in [3.8, 4) is 11.5 Å². The summed E-state index contributed by atoms with van der Waals surface area (Å²) in [5, 5.41) is 12.6. The Morgan fingerprint density at radius 1 is 1.19 bits per heavy atom. The van der Waals surface area contributed by atoms with Crippen LogP contribution in [0.15, 0.2) is 36.4 Å². The van der Waals surface area contributed by atoms with Gasteiger partial charge in [-0.1, -0.05) is 18.2 Å². The summed E-state index contributed by atoms with van der Waals surface area (Å²) in [7, 11) is 3.48. The van der Waals surface area contributed by atoms with E-state index in [1.807, 2.05) is 13.0 Å². The Kier molecular flexibility index (Phi) is 10.0. The van der Waals surface area contributed by atoms with Crippen LogP contribution in [0.3, 0.4) is 0 Å². The molecule has 1 atom stereocenters. The summed E-state index contributed by atoms with van der Waals surface area (Å²) < 4.78 is 48.0. The van der Waals surface area contributed by atoms with Gasteiger partial charge in [0, 0.05) is 46.4 Å². The van der Waals surface area contributed by atoms with Gasteiger partial charge in [0.15, 0.2) is 18.1 Å². The van der Waals surface area contributed by atoms with Crippen molar-refractivity contribution in [2.24, 2.45) is 0 Å². The van der Waals surface area contributed by atoms with E-state index in [2.05, 4.69) is 16.3 Å². The fraction of sp³-hybridized carbons (Fsp3) is 0.519. The molecular weight excluding hydrogens is 487 g/mol. The molecule has 1 amide bonds. The number of nitrogens with one attached hydrogen (secondary N) is 1. The number of aliphatic hydroxyl groups is 1. The second kappa shape index (κ2) is 13.0. The Hall–Kier alpha value is -2.98. The molecule has 0 radical (unpaired) electrons. The maximum Gasteiger partial charge on any atom is 0.422 e. The van der Waals surface area contributed by atoms with Crippen molar-refractivity contribution >= 4 is 11.6 Å². The third-order valence-electron chi connectivity index (χ3n) is 6.07. The van der Waals surface area contributed by atoms with E-state index >= 15 is 0 Å². The molecule has 0 bridgehead atoms. The Morgan fingerprint density at radius 2 is 1.89 bits per heavy atom. The van der Waals surface area contributed by atoms with Crippen LogP contribution >= 0.6 is 0 Å². The van der Waals surface area contributed by atoms with Crippen LogP contribution in [-0.4, -0.2) is 81.7 Å². The molecule has 2 aromatic rings. The third-order valence-corrected chi connectivity index (χ3v) is 6.07. The van der Waals surface area contributed by atoms with Crippen LogP contribution in [-0.2, 0) is 12.8 Å². The first-order chi connectivity index (χ1) is 17.6. The maximum atomic E-state index is 13.0. The molecule has 3 rings (SSSR count). The molecule has 0 saturated heterocycles. The Morgan fingerprint density at radius 3 is 2.54 bits per heavy atom. The molecule has 0 aliphatic carbocycles. The molecule has 37 heavy (non-hydrogen) atoms. The van der Waals surface area contributed by atoms with Crippen LogP contribution in [0, 0.1) is 0 Å². The molecule has 2 N–H and O–H groups in total. The van der Waals surface area contributed by atoms with E-state index in [1.54, 1.807) is 37.2 Å². The van der Waals surface area contributed by atoms with E-state index in [0.29, 0.717) is 31.5 Å². The van der Waals surface area contributed by atoms with E-state index in [4.69, 9.17) is 9.47 Å². The highest BCUT2D eigenvalue weighted by Gasteiger charge is 2.29. The summed E-state index contributed by atoms with van der Waals surface area (Å²) in [5.74, 6) is 0.268. The molecular formula is C27H36F3N3O4. The van der Waals surface area contributed by atoms with Gasteiger partial charge in [0.2, 0.25) is 0 Å². The van der Waals surface area contributed by atoms with Crippen LogP contribution in [0.25, 0.3) is 0 Å². The zero-order valence-electron chi connectivity index (χ0n) is 21.6. The van der Waals surface area contributed by atoms with E-state index in [-0.39, 0.29) is 36.7 Å². The zero-order valence-corrected chi connectivity index (χ0v) is 21.6. The minimum absolute atomic E-state index is 0.0468. The van der Waals surface area contributed by atoms with Gasteiger partial charge in [-0.15, -0.1) is 0 Å². The van der Waals surface area contributed by atoms with Gasteiger partial charge in [-0.05, 0) is 55.5 Å². The van der Waals surface area contributed by atoms with Gasteiger partial charge in [-0.2, -0.15) is 13.2 Å². The van der Waals surface area contributed by atoms with E-state index < -0.39 is 12.8 Å². The molecule has 0 fully saturated rings. The number of alkyl halides is 3. The monoisotopic (exact) mass is 523 g/mol. The number of fused-ring (bicyclic) bond motifs is 1. The minimum atomic E-state index is -4.42. The highest BCUT2D eigenvalue weighted by atomic mass is 19.4. The van der Waals surface area contributed by atoms with Gasteiger partial charge in [0.05, 0.1) is 11.3 Å². The molecule has 0 aromatic heterocycles. The summed E-state index contributed by atoms with van der Waals surface area (Å²) in [4.78, 5) is 16.7. The Balaban J connectivity index is 1.59. The number of aliphatic hydroxyl groups excluding tert-OH is 1. The normalized spacial score (nSPS) is 13.9. The van der Waals surface area contributed by atoms with Crippen LogP contribution in [0.2, 0.25) is 0 Å². The van der Waals surface area contributed by atoms with Gasteiger partial charge in [-0.3, -0.25) is 4.79 Å². The Labute approximate surface area is 216 Å². The van der Waals surface area contributed by atoms with Gasteiger partial charge in [-0.25, -0.2) is 0 Å². The lowest BCUT2D eigenvalue weighted by atomic mass is 9.97. The number of hydrogen-bond donors (Lipinski definition) is 2. The zero-order chi connectivity index (χ0) is 27.0. The van der Waals surface area contributed by atoms with Gasteiger partial charge in [0.25, 0.3) is 5.91 Å². The number of amides is 1. The van der Waals surface area contributed by atoms with E-state index in [0.717, 1.165) is 29.8 Å². The summed E-state index contributed by atoms with van der Waals surface area (Å²) in [6, 6.07) is 10.5. The van der Waals surface area contributed by atoms with Crippen molar-refractivity contribution in [1.29, 1.82) is 0 Å². The molecule has 2 aromatic carbocycles. The van der Waals surface area contributed by atoms with Gasteiger partial charge < -0.3 is 29.7 Å². The van der Waals surface area contributed by atoms with Crippen molar-refractivity contribution in [2.45, 2.75) is 38.4 Å². The number of benzene rings is 2. The largest absolute Gasteiger partial charge is 0.488 e. The number of rotatable bonds is 13. The number of para-hydroxylation sites is 2. The molecule has 7 nitrogen and oxygen atoms in total. The third kappa shape index (κ3) is 8.26. The fourth-order valence-electron chi connectivity index (χ4n) is 4.44. The predicted octanol–water partition coefficient (Wildman–Crippen LogP) is 3.67. The van der Waals surface area contributed by atoms with Crippen molar-refractivity contribution in [3.05, 3.63) is 53.1 Å². The van der Waals surface area contributed by atoms with Crippen LogP contribution in [0.4, 0.5) is 18.9 Å². The first kappa shape index (κ1) is 28.6. The van der Waals surface area contributed by atoms with Crippen LogP contribution in [0.1, 0.15) is 34.8 Å². The standard InChI is InChI=1S/C27H36F3N3O4/c1-19(31-10-14-36-23-7-4-5-8-24(23)37-18-27(28,29)30)15-20-16-21-9-12-33(11-6-13-34)25(21)22(17-20)26(35)32(2)3/h4-5,7-8,16-17,19,31,34H,6,9-15,18H2,1-3H3/t19-/m1/s1. The summed E-state index contributed by atoms with van der Waals surface area (Å²) in [5.41, 5.74) is 3.85. The number of ether oxygens (including phenoxy) is 2. The topological polar surface area (TPSA) is 74.3 Å². The van der Waals surface area contributed by atoms with E-state index in [1.165, 1.54) is 6.07 Å². The molecule has 1 heterocycles. The molecule has 0 unspecified atom stereocenters. The smallest absolute Gasteiger partial charge is 0.422 e. The maximum absolute atomic E-state index is 13.0. The van der Waals surface area contributed by atoms with Crippen LogP contribution < -0.4 is 19.7 Å². The molecule has 10 heteroatoms. The lowest BCUT2D eigenvalue weighted by molar-refractivity contribution is -0.153. The number of hydrogen-bond acceptors (Lipinski definition) is 6. The number of anilines is 1. The summed E-state index contributed by atoms with van der Waals surface area (Å²) in [6.07, 6.45) is -2.22. The lowest BCUT2D eigenvalue weighted by Crippen LogP contribution is -2.32. The second-order valence-corrected chi connectivity index (χ2v) is 9.42. The van der Waals surface area contributed by atoms with Crippen LogP contribution in [0.5, 0.6) is 11.5 Å². The molecule has 1 aliphatic heterocycles. The van der Waals surface area contributed by atoms with Gasteiger partial charge >= 0.3 is 6.18 Å². The van der Waals surface area contributed by atoms with Crippen molar-refractivity contribution < 1.29 is 32.5 Å². The molecule has 204 valence electrons. The second-order valence-electron chi connectivity index (χ2n) is 9.42.